The summed E-state index contributed by atoms with van der Waals surface area (Å²) < 4.78 is 39.4. The highest BCUT2D eigenvalue weighted by atomic mass is 35.5. The van der Waals surface area contributed by atoms with E-state index in [4.69, 9.17) is 21.1 Å². The second-order valence-electron chi connectivity index (χ2n) is 8.13. The second kappa shape index (κ2) is 11.4. The number of hydrogen-bond acceptors (Lipinski definition) is 5. The van der Waals surface area contributed by atoms with Crippen molar-refractivity contribution in [2.75, 3.05) is 23.3 Å². The van der Waals surface area contributed by atoms with Crippen molar-refractivity contribution in [1.82, 2.24) is 0 Å². The third-order valence-electron chi connectivity index (χ3n) is 5.44. The molecule has 4 aromatic rings. The number of carbonyl (C=O) groups is 1. The first-order valence-corrected chi connectivity index (χ1v) is 13.1. The molecule has 0 aliphatic heterocycles. The molecule has 0 spiro atoms. The number of methoxy groups -OCH3 is 1. The van der Waals surface area contributed by atoms with Crippen molar-refractivity contribution in [3.05, 3.63) is 108 Å². The van der Waals surface area contributed by atoms with E-state index >= 15 is 0 Å². The summed E-state index contributed by atoms with van der Waals surface area (Å²) in [6, 6.07) is 26.8. The molecule has 0 radical (unpaired) electrons. The summed E-state index contributed by atoms with van der Waals surface area (Å²) >= 11 is 6.17. The molecule has 190 valence electrons. The monoisotopic (exact) mass is 536 g/mol. The van der Waals surface area contributed by atoms with Gasteiger partial charge in [0.05, 0.1) is 23.4 Å². The van der Waals surface area contributed by atoms with Crippen LogP contribution in [0.3, 0.4) is 0 Å². The molecule has 0 fully saturated rings. The molecule has 0 aliphatic rings. The topological polar surface area (TPSA) is 84.9 Å². The van der Waals surface area contributed by atoms with Crippen LogP contribution in [-0.4, -0.2) is 28.0 Å². The standard InChI is InChI=1S/C28H25ClN2O5S/c1-20-8-11-22(12-9-20)31(37(33,34)25-15-13-23(35-2)14-16-25)19-28(32)30-26-18-21(29)10-17-27(26)36-24-6-4-3-5-7-24/h3-18H,19H2,1-2H3,(H,30,32). The SMILES string of the molecule is COc1ccc(S(=O)(=O)N(CC(=O)Nc2cc(Cl)ccc2Oc2ccccc2)c2ccc(C)cc2)cc1. The molecule has 4 aromatic carbocycles. The quantitative estimate of drug-likeness (QED) is 0.272. The van der Waals surface area contributed by atoms with E-state index in [9.17, 15) is 13.2 Å². The normalized spacial score (nSPS) is 11.0. The number of carbonyl (C=O) groups excluding carboxylic acids is 1. The number of sulfonamides is 1. The van der Waals surface area contributed by atoms with Crippen molar-refractivity contribution < 1.29 is 22.7 Å². The number of amides is 1. The maximum absolute atomic E-state index is 13.6. The molecule has 4 rings (SSSR count). The molecule has 0 heterocycles. The van der Waals surface area contributed by atoms with Gasteiger partial charge in [0.1, 0.15) is 18.0 Å². The number of benzene rings is 4. The summed E-state index contributed by atoms with van der Waals surface area (Å²) in [6.45, 7) is 1.42. The summed E-state index contributed by atoms with van der Waals surface area (Å²) in [5, 5.41) is 3.14. The zero-order valence-electron chi connectivity index (χ0n) is 20.2. The number of para-hydroxylation sites is 1. The Hall–Kier alpha value is -4.01. The predicted molar refractivity (Wildman–Crippen MR) is 145 cm³/mol. The number of halogens is 1. The summed E-state index contributed by atoms with van der Waals surface area (Å²) in [5.74, 6) is 0.885. The number of hydrogen-bond donors (Lipinski definition) is 1. The second-order valence-corrected chi connectivity index (χ2v) is 10.4. The Morgan fingerprint density at radius 2 is 1.57 bits per heavy atom. The van der Waals surface area contributed by atoms with Gasteiger partial charge < -0.3 is 14.8 Å². The largest absolute Gasteiger partial charge is 0.497 e. The molecule has 0 saturated heterocycles. The van der Waals surface area contributed by atoms with Gasteiger partial charge in [0, 0.05) is 5.02 Å². The molecule has 7 nitrogen and oxygen atoms in total. The van der Waals surface area contributed by atoms with E-state index in [0.29, 0.717) is 33.6 Å². The molecule has 0 atom stereocenters. The third kappa shape index (κ3) is 6.41. The van der Waals surface area contributed by atoms with Crippen LogP contribution < -0.4 is 19.1 Å². The Morgan fingerprint density at radius 3 is 2.22 bits per heavy atom. The van der Waals surface area contributed by atoms with E-state index in [1.807, 2.05) is 25.1 Å². The molecule has 0 aromatic heterocycles. The highest BCUT2D eigenvalue weighted by Crippen LogP contribution is 2.32. The van der Waals surface area contributed by atoms with E-state index in [0.717, 1.165) is 9.87 Å². The summed E-state index contributed by atoms with van der Waals surface area (Å²) in [5.41, 5.74) is 1.62. The molecule has 0 unspecified atom stereocenters. The minimum atomic E-state index is -4.09. The number of rotatable bonds is 9. The van der Waals surface area contributed by atoms with Gasteiger partial charge in [-0.2, -0.15) is 0 Å². The molecule has 1 amide bonds. The minimum Gasteiger partial charge on any atom is -0.497 e. The third-order valence-corrected chi connectivity index (χ3v) is 7.47. The van der Waals surface area contributed by atoms with Crippen molar-refractivity contribution in [1.29, 1.82) is 0 Å². The lowest BCUT2D eigenvalue weighted by Crippen LogP contribution is -2.38. The zero-order chi connectivity index (χ0) is 26.4. The molecule has 0 aliphatic carbocycles. The molecule has 9 heteroatoms. The molecule has 37 heavy (non-hydrogen) atoms. The number of nitrogens with one attached hydrogen (secondary N) is 1. The van der Waals surface area contributed by atoms with Crippen LogP contribution in [0.25, 0.3) is 0 Å². The van der Waals surface area contributed by atoms with Crippen molar-refractivity contribution >= 4 is 38.9 Å². The highest BCUT2D eigenvalue weighted by Gasteiger charge is 2.27. The predicted octanol–water partition coefficient (Wildman–Crippen LogP) is 6.28. The van der Waals surface area contributed by atoms with Gasteiger partial charge in [-0.3, -0.25) is 9.10 Å². The van der Waals surface area contributed by atoms with Crippen LogP contribution in [0.15, 0.2) is 102 Å². The van der Waals surface area contributed by atoms with Gasteiger partial charge in [0.15, 0.2) is 5.75 Å². The Kier molecular flexibility index (Phi) is 8.01. The smallest absolute Gasteiger partial charge is 0.264 e. The maximum atomic E-state index is 13.6. The van der Waals surface area contributed by atoms with Gasteiger partial charge in [-0.05, 0) is 73.7 Å². The number of anilines is 2. The average Bonchev–Trinajstić information content (AvgIpc) is 2.90. The van der Waals surface area contributed by atoms with Crippen molar-refractivity contribution in [2.24, 2.45) is 0 Å². The summed E-state index contributed by atoms with van der Waals surface area (Å²) in [7, 11) is -2.59. The van der Waals surface area contributed by atoms with E-state index in [1.54, 1.807) is 66.7 Å². The van der Waals surface area contributed by atoms with Gasteiger partial charge >= 0.3 is 0 Å². The van der Waals surface area contributed by atoms with Crippen LogP contribution in [0.1, 0.15) is 5.56 Å². The zero-order valence-corrected chi connectivity index (χ0v) is 21.8. The Balaban J connectivity index is 1.63. The number of nitrogens with zero attached hydrogens (tertiary/aromatic N) is 1. The first kappa shape index (κ1) is 26.1. The van der Waals surface area contributed by atoms with E-state index in [2.05, 4.69) is 5.32 Å². The van der Waals surface area contributed by atoms with Crippen molar-refractivity contribution in [3.63, 3.8) is 0 Å². The first-order chi connectivity index (χ1) is 17.8. The number of aryl methyl sites for hydroxylation is 1. The molecular formula is C28H25ClN2O5S. The minimum absolute atomic E-state index is 0.0255. The molecule has 0 saturated carbocycles. The fourth-order valence-corrected chi connectivity index (χ4v) is 5.12. The lowest BCUT2D eigenvalue weighted by Gasteiger charge is -2.24. The van der Waals surface area contributed by atoms with Gasteiger partial charge in [0.25, 0.3) is 10.0 Å². The van der Waals surface area contributed by atoms with Crippen molar-refractivity contribution in [2.45, 2.75) is 11.8 Å². The van der Waals surface area contributed by atoms with Crippen LogP contribution in [0.2, 0.25) is 5.02 Å². The molecule has 0 bridgehead atoms. The first-order valence-electron chi connectivity index (χ1n) is 11.3. The highest BCUT2D eigenvalue weighted by molar-refractivity contribution is 7.92. The van der Waals surface area contributed by atoms with Gasteiger partial charge in [-0.15, -0.1) is 0 Å². The van der Waals surface area contributed by atoms with E-state index in [1.165, 1.54) is 19.2 Å². The lowest BCUT2D eigenvalue weighted by atomic mass is 10.2. The van der Waals surface area contributed by atoms with Crippen LogP contribution in [0, 0.1) is 6.92 Å². The van der Waals surface area contributed by atoms with Gasteiger partial charge in [0.2, 0.25) is 5.91 Å². The Morgan fingerprint density at radius 1 is 0.892 bits per heavy atom. The van der Waals surface area contributed by atoms with Crippen LogP contribution in [-0.2, 0) is 14.8 Å². The van der Waals surface area contributed by atoms with Crippen LogP contribution in [0.5, 0.6) is 17.2 Å². The summed E-state index contributed by atoms with van der Waals surface area (Å²) in [4.78, 5) is 13.2. The van der Waals surface area contributed by atoms with Crippen molar-refractivity contribution in [3.8, 4) is 17.2 Å². The molecule has 1 N–H and O–H groups in total. The lowest BCUT2D eigenvalue weighted by molar-refractivity contribution is -0.114. The fourth-order valence-electron chi connectivity index (χ4n) is 3.53. The summed E-state index contributed by atoms with van der Waals surface area (Å²) in [6.07, 6.45) is 0. The average molecular weight is 537 g/mol. The van der Waals surface area contributed by atoms with E-state index in [-0.39, 0.29) is 4.90 Å². The van der Waals surface area contributed by atoms with Crippen LogP contribution >= 0.6 is 11.6 Å². The Bertz CT molecular complexity index is 1480. The van der Waals surface area contributed by atoms with Gasteiger partial charge in [-0.1, -0.05) is 47.5 Å². The maximum Gasteiger partial charge on any atom is 0.264 e. The fraction of sp³-hybridized carbons (Fsp3) is 0.107. The Labute approximate surface area is 221 Å². The number of ether oxygens (including phenoxy) is 2. The van der Waals surface area contributed by atoms with Crippen LogP contribution in [0.4, 0.5) is 11.4 Å². The van der Waals surface area contributed by atoms with E-state index < -0.39 is 22.5 Å². The molecular weight excluding hydrogens is 512 g/mol. The van der Waals surface area contributed by atoms with Gasteiger partial charge in [-0.25, -0.2) is 8.42 Å².